The molecule has 1 saturated heterocycles. The Kier molecular flexibility index (Phi) is 7.00. The van der Waals surface area contributed by atoms with Crippen molar-refractivity contribution in [3.63, 3.8) is 0 Å². The van der Waals surface area contributed by atoms with E-state index in [0.29, 0.717) is 6.04 Å². The van der Waals surface area contributed by atoms with E-state index < -0.39 is 0 Å². The number of benzene rings is 3. The minimum Gasteiger partial charge on any atom is -0.355 e. The molecule has 2 aliphatic heterocycles. The van der Waals surface area contributed by atoms with E-state index in [1.807, 2.05) is 36.7 Å². The average Bonchev–Trinajstić information content (AvgIpc) is 2.88. The number of fused-ring (bicyclic) bond motifs is 1. The van der Waals surface area contributed by atoms with Gasteiger partial charge in [-0.2, -0.15) is 0 Å². The Bertz CT molecular complexity index is 1060. The summed E-state index contributed by atoms with van der Waals surface area (Å²) in [4.78, 5) is 9.60. The lowest BCUT2D eigenvalue weighted by atomic mass is 9.87. The third-order valence-electron chi connectivity index (χ3n) is 7.23. The number of para-hydroxylation sites is 1. The summed E-state index contributed by atoms with van der Waals surface area (Å²) >= 11 is 0. The summed E-state index contributed by atoms with van der Waals surface area (Å²) in [5.74, 6) is -0.318. The molecule has 5 heteroatoms. The van der Waals surface area contributed by atoms with E-state index in [2.05, 4.69) is 33.0 Å². The van der Waals surface area contributed by atoms with E-state index in [4.69, 9.17) is 0 Å². The Morgan fingerprint density at radius 3 is 2.09 bits per heavy atom. The molecular weight excluding hydrogens is 428 g/mol. The van der Waals surface area contributed by atoms with Crippen LogP contribution in [0.4, 0.5) is 14.5 Å². The Labute approximate surface area is 200 Å². The maximum absolute atomic E-state index is 13.5. The highest BCUT2D eigenvalue weighted by molar-refractivity contribution is 5.67. The Morgan fingerprint density at radius 1 is 0.824 bits per heavy atom. The quantitative estimate of drug-likeness (QED) is 0.401. The van der Waals surface area contributed by atoms with Gasteiger partial charge in [-0.25, -0.2) is 13.8 Å². The van der Waals surface area contributed by atoms with Crippen LogP contribution in [-0.2, 0) is 6.54 Å². The molecule has 0 saturated carbocycles. The van der Waals surface area contributed by atoms with Crippen molar-refractivity contribution in [3.05, 3.63) is 101 Å². The number of hydrogen-bond donors (Lipinski definition) is 0. The summed E-state index contributed by atoms with van der Waals surface area (Å²) in [5, 5.41) is 0. The van der Waals surface area contributed by atoms with Gasteiger partial charge in [0.05, 0.1) is 12.0 Å². The highest BCUT2D eigenvalue weighted by Crippen LogP contribution is 2.31. The van der Waals surface area contributed by atoms with Gasteiger partial charge in [0.2, 0.25) is 0 Å². The van der Waals surface area contributed by atoms with Gasteiger partial charge < -0.3 is 9.80 Å². The molecule has 0 bridgehead atoms. The Hall–Kier alpha value is -3.05. The minimum atomic E-state index is -0.230. The molecule has 3 nitrogen and oxygen atoms in total. The molecule has 0 spiro atoms. The number of piperidine rings is 1. The maximum atomic E-state index is 13.5. The van der Waals surface area contributed by atoms with E-state index in [9.17, 15) is 8.78 Å². The average molecular weight is 460 g/mol. The Morgan fingerprint density at radius 2 is 1.44 bits per heavy atom. The molecule has 0 radical (unpaired) electrons. The first kappa shape index (κ1) is 22.7. The predicted molar refractivity (Wildman–Crippen MR) is 133 cm³/mol. The van der Waals surface area contributed by atoms with Crippen LogP contribution >= 0.6 is 0 Å². The van der Waals surface area contributed by atoms with Crippen molar-refractivity contribution >= 4 is 12.0 Å². The van der Waals surface area contributed by atoms with Crippen LogP contribution in [0.25, 0.3) is 0 Å². The molecule has 34 heavy (non-hydrogen) atoms. The number of rotatable bonds is 7. The smallest absolute Gasteiger partial charge is 0.123 e. The van der Waals surface area contributed by atoms with Gasteiger partial charge in [0.1, 0.15) is 11.6 Å². The lowest BCUT2D eigenvalue weighted by molar-refractivity contribution is 0.150. The number of aliphatic imine (C=N–C) groups is 1. The van der Waals surface area contributed by atoms with E-state index in [-0.39, 0.29) is 17.6 Å². The van der Waals surface area contributed by atoms with Gasteiger partial charge in [-0.1, -0.05) is 42.5 Å². The second kappa shape index (κ2) is 10.5. The van der Waals surface area contributed by atoms with Crippen LogP contribution in [0, 0.1) is 11.6 Å². The topological polar surface area (TPSA) is 18.8 Å². The van der Waals surface area contributed by atoms with Crippen molar-refractivity contribution < 1.29 is 8.78 Å². The zero-order valence-corrected chi connectivity index (χ0v) is 19.4. The standard InChI is InChI=1S/C29H31F2N3/c30-25-11-7-22(8-12-25)28(23-9-13-26(31)14-10-23)5-3-17-33-18-15-27(16-19-33)34-20-24-4-1-2-6-29(24)32-21-34/h1-2,4,6-14,21,27-28H,3,5,15-20H2. The van der Waals surface area contributed by atoms with Gasteiger partial charge in [-0.3, -0.25) is 0 Å². The SMILES string of the molecule is Fc1ccc(C(CCCN2CCC(N3C=Nc4ccccc4C3)CC2)c2ccc(F)cc2)cc1. The molecule has 5 rings (SSSR count). The molecule has 176 valence electrons. The first-order valence-electron chi connectivity index (χ1n) is 12.3. The summed E-state index contributed by atoms with van der Waals surface area (Å²) in [6.45, 7) is 4.17. The van der Waals surface area contributed by atoms with Gasteiger partial charge in [-0.15, -0.1) is 0 Å². The number of likely N-dealkylation sites (tertiary alicyclic amines) is 1. The van der Waals surface area contributed by atoms with E-state index in [0.717, 1.165) is 68.7 Å². The second-order valence-electron chi connectivity index (χ2n) is 9.42. The van der Waals surface area contributed by atoms with Crippen LogP contribution in [0.5, 0.6) is 0 Å². The summed E-state index contributed by atoms with van der Waals surface area (Å²) in [7, 11) is 0. The van der Waals surface area contributed by atoms with Gasteiger partial charge in [0.25, 0.3) is 0 Å². The number of hydrogen-bond acceptors (Lipinski definition) is 3. The van der Waals surface area contributed by atoms with E-state index in [1.165, 1.54) is 29.8 Å². The fourth-order valence-electron chi connectivity index (χ4n) is 5.28. The fraction of sp³-hybridized carbons (Fsp3) is 0.345. The van der Waals surface area contributed by atoms with Gasteiger partial charge in [0, 0.05) is 31.6 Å². The van der Waals surface area contributed by atoms with Crippen molar-refractivity contribution in [2.75, 3.05) is 19.6 Å². The van der Waals surface area contributed by atoms with Crippen molar-refractivity contribution in [1.82, 2.24) is 9.80 Å². The lowest BCUT2D eigenvalue weighted by Crippen LogP contribution is -2.44. The molecule has 0 aromatic heterocycles. The zero-order valence-electron chi connectivity index (χ0n) is 19.4. The van der Waals surface area contributed by atoms with Gasteiger partial charge >= 0.3 is 0 Å². The lowest BCUT2D eigenvalue weighted by Gasteiger charge is -2.39. The summed E-state index contributed by atoms with van der Waals surface area (Å²) < 4.78 is 26.9. The van der Waals surface area contributed by atoms with Crippen molar-refractivity contribution in [2.45, 2.75) is 44.2 Å². The molecule has 2 aliphatic rings. The minimum absolute atomic E-state index is 0.142. The first-order valence-corrected chi connectivity index (χ1v) is 12.3. The third kappa shape index (κ3) is 5.36. The van der Waals surface area contributed by atoms with Crippen molar-refractivity contribution in [1.29, 1.82) is 0 Å². The van der Waals surface area contributed by atoms with Crippen LogP contribution in [0.3, 0.4) is 0 Å². The highest BCUT2D eigenvalue weighted by Gasteiger charge is 2.25. The van der Waals surface area contributed by atoms with Gasteiger partial charge in [-0.05, 0) is 79.3 Å². The maximum Gasteiger partial charge on any atom is 0.123 e. The molecule has 2 heterocycles. The molecule has 3 aromatic carbocycles. The monoisotopic (exact) mass is 459 g/mol. The van der Waals surface area contributed by atoms with Crippen molar-refractivity contribution in [3.8, 4) is 0 Å². The highest BCUT2D eigenvalue weighted by atomic mass is 19.1. The summed E-state index contributed by atoms with van der Waals surface area (Å²) in [6, 6.07) is 22.4. The largest absolute Gasteiger partial charge is 0.355 e. The van der Waals surface area contributed by atoms with E-state index >= 15 is 0 Å². The number of nitrogens with zero attached hydrogens (tertiary/aromatic N) is 3. The Balaban J connectivity index is 1.14. The molecular formula is C29H31F2N3. The molecule has 3 aromatic rings. The summed E-state index contributed by atoms with van der Waals surface area (Å²) in [5.41, 5.74) is 4.56. The normalized spacial score (nSPS) is 16.7. The molecule has 0 unspecified atom stereocenters. The van der Waals surface area contributed by atoms with Crippen molar-refractivity contribution in [2.24, 2.45) is 4.99 Å². The van der Waals surface area contributed by atoms with Gasteiger partial charge in [0.15, 0.2) is 0 Å². The van der Waals surface area contributed by atoms with Crippen LogP contribution < -0.4 is 0 Å². The third-order valence-corrected chi connectivity index (χ3v) is 7.23. The van der Waals surface area contributed by atoms with Crippen LogP contribution in [0.1, 0.15) is 48.3 Å². The molecule has 1 fully saturated rings. The fourth-order valence-corrected chi connectivity index (χ4v) is 5.28. The molecule has 0 N–H and O–H groups in total. The van der Waals surface area contributed by atoms with E-state index in [1.54, 1.807) is 0 Å². The second-order valence-corrected chi connectivity index (χ2v) is 9.42. The number of halogens is 2. The van der Waals surface area contributed by atoms with Crippen LogP contribution in [-0.4, -0.2) is 41.8 Å². The zero-order chi connectivity index (χ0) is 23.3. The molecule has 0 aliphatic carbocycles. The van der Waals surface area contributed by atoms with Crippen LogP contribution in [0.15, 0.2) is 77.8 Å². The molecule has 0 atom stereocenters. The molecule has 0 amide bonds. The first-order chi connectivity index (χ1) is 16.7. The van der Waals surface area contributed by atoms with Crippen LogP contribution in [0.2, 0.25) is 0 Å². The summed E-state index contributed by atoms with van der Waals surface area (Å²) in [6.07, 6.45) is 6.31. The predicted octanol–water partition coefficient (Wildman–Crippen LogP) is 6.52.